The lowest BCUT2D eigenvalue weighted by molar-refractivity contribution is -0.129. The molecule has 0 spiro atoms. The van der Waals surface area contributed by atoms with Crippen LogP contribution in [0, 0.1) is 18.3 Å². The van der Waals surface area contributed by atoms with E-state index in [2.05, 4.69) is 11.0 Å². The molecule has 230 valence electrons. The topological polar surface area (TPSA) is 154 Å². The van der Waals surface area contributed by atoms with Crippen molar-refractivity contribution in [3.63, 3.8) is 0 Å². The molecule has 1 fully saturated rings. The molecule has 1 aromatic heterocycles. The van der Waals surface area contributed by atoms with Crippen LogP contribution in [0.4, 0.5) is 5.82 Å². The summed E-state index contributed by atoms with van der Waals surface area (Å²) in [5.41, 5.74) is 12.2. The van der Waals surface area contributed by atoms with Crippen molar-refractivity contribution in [1.29, 1.82) is 5.26 Å². The zero-order valence-electron chi connectivity index (χ0n) is 24.6. The van der Waals surface area contributed by atoms with Gasteiger partial charge in [0.1, 0.15) is 11.6 Å². The number of rotatable bonds is 12. The van der Waals surface area contributed by atoms with Gasteiger partial charge < -0.3 is 25.2 Å². The summed E-state index contributed by atoms with van der Waals surface area (Å²) >= 11 is 0. The number of nitrogens with one attached hydrogen (secondary N) is 1. The van der Waals surface area contributed by atoms with E-state index >= 15 is 0 Å². The maximum atomic E-state index is 11.3. The van der Waals surface area contributed by atoms with Crippen molar-refractivity contribution in [2.75, 3.05) is 31.7 Å². The molecule has 1 saturated heterocycles. The summed E-state index contributed by atoms with van der Waals surface area (Å²) in [6.45, 7) is 3.91. The fraction of sp³-hybridized carbons (Fsp3) is 0.406. The lowest BCUT2D eigenvalue weighted by Crippen LogP contribution is -2.40. The van der Waals surface area contributed by atoms with Crippen molar-refractivity contribution in [2.45, 2.75) is 57.9 Å². The normalized spacial score (nSPS) is 13.1. The molecule has 10 nitrogen and oxygen atoms in total. The number of aromatic hydroxyl groups is 1. The quantitative estimate of drug-likeness (QED) is 0.118. The number of amides is 1. The molecular weight excluding hydrogens is 570 g/mol. The number of nitrogens with zero attached hydrogens (tertiary/aromatic N) is 3. The van der Waals surface area contributed by atoms with Crippen molar-refractivity contribution < 1.29 is 24.6 Å². The number of aryl methyl sites for hydroxylation is 1. The maximum absolute atomic E-state index is 11.3. The molecule has 0 atom stereocenters. The van der Waals surface area contributed by atoms with Gasteiger partial charge in [-0.3, -0.25) is 10.0 Å². The Morgan fingerprint density at radius 2 is 1.81 bits per heavy atom. The zero-order valence-corrected chi connectivity index (χ0v) is 25.5. The van der Waals surface area contributed by atoms with Crippen LogP contribution in [0.1, 0.15) is 56.1 Å². The maximum Gasteiger partial charge on any atom is 0.243 e. The highest BCUT2D eigenvalue weighted by Gasteiger charge is 2.24. The van der Waals surface area contributed by atoms with E-state index in [1.165, 1.54) is 7.11 Å². The highest BCUT2D eigenvalue weighted by Crippen LogP contribution is 2.43. The van der Waals surface area contributed by atoms with E-state index < -0.39 is 0 Å². The van der Waals surface area contributed by atoms with E-state index in [-0.39, 0.29) is 36.5 Å². The molecule has 1 aliphatic rings. The second kappa shape index (κ2) is 16.0. The Balaban J connectivity index is 0.00000506. The summed E-state index contributed by atoms with van der Waals surface area (Å²) in [6, 6.07) is 15.2. The number of carbonyl (C=O) groups excluding carboxylic acids is 1. The molecule has 1 amide bonds. The number of nitriles is 1. The van der Waals surface area contributed by atoms with Gasteiger partial charge in [-0.05, 0) is 68.0 Å². The summed E-state index contributed by atoms with van der Waals surface area (Å²) < 4.78 is 11.7. The van der Waals surface area contributed by atoms with Crippen LogP contribution < -0.4 is 25.6 Å². The number of hydroxylamine groups is 1. The monoisotopic (exact) mass is 609 g/mol. The van der Waals surface area contributed by atoms with E-state index in [4.69, 9.17) is 25.4 Å². The molecule has 0 saturated carbocycles. The molecule has 5 N–H and O–H groups in total. The van der Waals surface area contributed by atoms with Crippen LogP contribution in [0.2, 0.25) is 0 Å². The number of carbonyl (C=O) groups is 1. The van der Waals surface area contributed by atoms with E-state index in [1.54, 1.807) is 23.7 Å². The van der Waals surface area contributed by atoms with Crippen LogP contribution in [0.3, 0.4) is 0 Å². The zero-order chi connectivity index (χ0) is 30.1. The van der Waals surface area contributed by atoms with Gasteiger partial charge in [0.15, 0.2) is 11.5 Å². The van der Waals surface area contributed by atoms with Crippen LogP contribution in [0.15, 0.2) is 42.5 Å². The first-order valence-electron chi connectivity index (χ1n) is 14.3. The largest absolute Gasteiger partial charge is 0.504 e. The van der Waals surface area contributed by atoms with E-state index in [0.29, 0.717) is 35.8 Å². The first-order valence-corrected chi connectivity index (χ1v) is 14.3. The smallest absolute Gasteiger partial charge is 0.243 e. The number of unbranched alkanes of at least 4 members (excludes halogenated alkanes) is 3. The molecule has 4 rings (SSSR count). The average Bonchev–Trinajstić information content (AvgIpc) is 3.00. The van der Waals surface area contributed by atoms with Crippen LogP contribution >= 0.6 is 12.4 Å². The van der Waals surface area contributed by atoms with Gasteiger partial charge in [0.25, 0.3) is 0 Å². The number of aromatic nitrogens is 1. The number of phenols is 1. The fourth-order valence-electron chi connectivity index (χ4n) is 5.16. The Labute approximate surface area is 258 Å². The molecule has 43 heavy (non-hydrogen) atoms. The lowest BCUT2D eigenvalue weighted by Gasteiger charge is -2.32. The molecule has 0 unspecified atom stereocenters. The fourth-order valence-corrected chi connectivity index (χ4v) is 5.16. The van der Waals surface area contributed by atoms with Gasteiger partial charge in [-0.2, -0.15) is 5.26 Å². The number of hydrogen-bond acceptors (Lipinski definition) is 9. The van der Waals surface area contributed by atoms with E-state index in [0.717, 1.165) is 73.3 Å². The Morgan fingerprint density at radius 1 is 1.09 bits per heavy atom. The van der Waals surface area contributed by atoms with Gasteiger partial charge in [-0.25, -0.2) is 10.5 Å². The predicted molar refractivity (Wildman–Crippen MR) is 168 cm³/mol. The highest BCUT2D eigenvalue weighted by molar-refractivity contribution is 5.88. The molecular formula is C32H40ClN5O5. The second-order valence-electron chi connectivity index (χ2n) is 10.6. The number of halogens is 1. The van der Waals surface area contributed by atoms with Gasteiger partial charge in [-0.1, -0.05) is 25.0 Å². The summed E-state index contributed by atoms with van der Waals surface area (Å²) in [7, 11) is 1.51. The van der Waals surface area contributed by atoms with Crippen molar-refractivity contribution in [1.82, 2.24) is 10.5 Å². The molecule has 2 aromatic carbocycles. The first-order chi connectivity index (χ1) is 20.3. The van der Waals surface area contributed by atoms with Crippen LogP contribution in [-0.4, -0.2) is 54.1 Å². The number of anilines is 1. The van der Waals surface area contributed by atoms with Crippen molar-refractivity contribution in [3.05, 3.63) is 53.6 Å². The summed E-state index contributed by atoms with van der Waals surface area (Å²) in [5.74, 6) is 1.40. The number of hydrogen-bond donors (Lipinski definition) is 4. The lowest BCUT2D eigenvalue weighted by atomic mass is 9.95. The minimum Gasteiger partial charge on any atom is -0.504 e. The molecule has 0 radical (unpaired) electrons. The highest BCUT2D eigenvalue weighted by atomic mass is 35.5. The van der Waals surface area contributed by atoms with E-state index in [1.807, 2.05) is 31.2 Å². The number of piperidine rings is 1. The van der Waals surface area contributed by atoms with Gasteiger partial charge in [0.05, 0.1) is 36.6 Å². The standard InChI is InChI=1S/C32H39N5O5.ClH/c1-21-17-23(8-9-24(21)20-33)32-31(22-10-11-27(41-2)26(38)18-22)28(42-16-6-4-3-5-7-30(39)36-40)19-29(35-32)37-14-12-25(34)13-15-37;/h8-11,17-19,25,38,40H,3-7,12-16,34H2,1-2H3,(H,36,39);1H. The minimum absolute atomic E-state index is 0. The van der Waals surface area contributed by atoms with Crippen molar-refractivity contribution >= 4 is 24.1 Å². The third-order valence-electron chi connectivity index (χ3n) is 7.60. The Hall–Kier alpha value is -4.04. The minimum atomic E-state index is -0.382. The van der Waals surface area contributed by atoms with Gasteiger partial charge in [0, 0.05) is 37.2 Å². The van der Waals surface area contributed by atoms with Gasteiger partial charge in [0.2, 0.25) is 5.91 Å². The van der Waals surface area contributed by atoms with Gasteiger partial charge in [-0.15, -0.1) is 12.4 Å². The molecule has 1 aliphatic heterocycles. The third kappa shape index (κ3) is 8.51. The van der Waals surface area contributed by atoms with Gasteiger partial charge >= 0.3 is 0 Å². The van der Waals surface area contributed by atoms with Crippen LogP contribution in [0.5, 0.6) is 17.2 Å². The second-order valence-corrected chi connectivity index (χ2v) is 10.6. The summed E-state index contributed by atoms with van der Waals surface area (Å²) in [6.07, 6.45) is 5.17. The molecule has 0 aliphatic carbocycles. The average molecular weight is 610 g/mol. The number of pyridine rings is 1. The molecule has 11 heteroatoms. The SMILES string of the molecule is COc1ccc(-c2c(OCCCCCCC(=O)NO)cc(N3CCC(N)CC3)nc2-c2ccc(C#N)c(C)c2)cc1O.Cl. The number of phenolic OH excluding ortho intramolecular Hbond substituents is 1. The van der Waals surface area contributed by atoms with Crippen molar-refractivity contribution in [2.24, 2.45) is 5.73 Å². The van der Waals surface area contributed by atoms with Crippen LogP contribution in [-0.2, 0) is 4.79 Å². The first kappa shape index (κ1) is 33.5. The summed E-state index contributed by atoms with van der Waals surface area (Å²) in [4.78, 5) is 18.6. The number of benzene rings is 2. The number of methoxy groups -OCH3 is 1. The van der Waals surface area contributed by atoms with E-state index in [9.17, 15) is 15.2 Å². The number of nitrogens with two attached hydrogens (primary N) is 1. The summed E-state index contributed by atoms with van der Waals surface area (Å²) in [5, 5.41) is 28.9. The Bertz CT molecular complexity index is 1440. The Morgan fingerprint density at radius 3 is 2.47 bits per heavy atom. The van der Waals surface area contributed by atoms with Crippen molar-refractivity contribution in [3.8, 4) is 45.7 Å². The molecule has 0 bridgehead atoms. The van der Waals surface area contributed by atoms with Crippen LogP contribution in [0.25, 0.3) is 22.4 Å². The number of ether oxygens (including phenoxy) is 2. The predicted octanol–water partition coefficient (Wildman–Crippen LogP) is 5.49. The third-order valence-corrected chi connectivity index (χ3v) is 7.60. The molecule has 2 heterocycles. The molecule has 3 aromatic rings. The Kier molecular flexibility index (Phi) is 12.4.